The number of hydrogen-bond acceptors (Lipinski definition) is 6. The van der Waals surface area contributed by atoms with Crippen molar-refractivity contribution in [1.29, 1.82) is 0 Å². The molecule has 1 saturated heterocycles. The molecule has 8 nitrogen and oxygen atoms in total. The molecule has 1 aromatic carbocycles. The van der Waals surface area contributed by atoms with E-state index in [4.69, 9.17) is 0 Å². The average molecular weight is 429 g/mol. The Morgan fingerprint density at radius 2 is 1.24 bits per heavy atom. The van der Waals surface area contributed by atoms with E-state index in [0.717, 1.165) is 44.8 Å². The summed E-state index contributed by atoms with van der Waals surface area (Å²) in [5, 5.41) is 19.6. The number of rotatable bonds is 8. The van der Waals surface area contributed by atoms with E-state index < -0.39 is 19.8 Å². The molecule has 0 aromatic heterocycles. The molecule has 2 atom stereocenters. The summed E-state index contributed by atoms with van der Waals surface area (Å²) in [6, 6.07) is 7.42. The van der Waals surface area contributed by atoms with Crippen LogP contribution in [0, 0.1) is 0 Å². The molecule has 29 heavy (non-hydrogen) atoms. The fourth-order valence-electron chi connectivity index (χ4n) is 3.78. The van der Waals surface area contributed by atoms with Gasteiger partial charge in [-0.2, -0.15) is 0 Å². The summed E-state index contributed by atoms with van der Waals surface area (Å²) >= 11 is 0. The van der Waals surface area contributed by atoms with Crippen LogP contribution in [-0.2, 0) is 17.3 Å². The molecule has 9 heteroatoms. The molecule has 166 valence electrons. The molecule has 4 N–H and O–H groups in total. The van der Waals surface area contributed by atoms with Crippen LogP contribution in [-0.4, -0.2) is 99.3 Å². The monoisotopic (exact) mass is 429 g/mol. The molecule has 1 heterocycles. The highest BCUT2D eigenvalue weighted by Gasteiger charge is 2.21. The van der Waals surface area contributed by atoms with Gasteiger partial charge in [0, 0.05) is 58.9 Å². The second-order valence-electron chi connectivity index (χ2n) is 8.17. The van der Waals surface area contributed by atoms with Gasteiger partial charge in [-0.1, -0.05) is 24.3 Å². The molecular formula is C20H36N3O5P. The van der Waals surface area contributed by atoms with Crippen LogP contribution in [0.3, 0.4) is 0 Å². The topological polar surface area (TPSA) is 108 Å². The van der Waals surface area contributed by atoms with Crippen LogP contribution in [0.25, 0.3) is 0 Å². The Hall–Kier alpha value is -0.830. The van der Waals surface area contributed by atoms with Crippen molar-refractivity contribution in [2.45, 2.75) is 38.8 Å². The fourth-order valence-corrected chi connectivity index (χ4v) is 4.54. The van der Waals surface area contributed by atoms with Crippen LogP contribution in [0.4, 0.5) is 0 Å². The Bertz CT molecular complexity index is 645. The van der Waals surface area contributed by atoms with E-state index in [1.165, 1.54) is 0 Å². The van der Waals surface area contributed by atoms with Crippen molar-refractivity contribution in [1.82, 2.24) is 14.7 Å². The lowest BCUT2D eigenvalue weighted by Gasteiger charge is -2.27. The zero-order chi connectivity index (χ0) is 21.4. The van der Waals surface area contributed by atoms with Crippen molar-refractivity contribution < 1.29 is 24.6 Å². The van der Waals surface area contributed by atoms with Crippen molar-refractivity contribution in [3.05, 3.63) is 35.4 Å². The Morgan fingerprint density at radius 1 is 0.828 bits per heavy atom. The molecule has 0 unspecified atom stereocenters. The largest absolute Gasteiger partial charge is 0.392 e. The minimum absolute atomic E-state index is 0.251. The van der Waals surface area contributed by atoms with Crippen LogP contribution in [0.2, 0.25) is 0 Å². The number of benzene rings is 1. The van der Waals surface area contributed by atoms with Crippen molar-refractivity contribution in [2.24, 2.45) is 0 Å². The van der Waals surface area contributed by atoms with Gasteiger partial charge in [0.25, 0.3) is 0 Å². The van der Waals surface area contributed by atoms with Crippen molar-refractivity contribution in [3.63, 3.8) is 0 Å². The third-order valence-electron chi connectivity index (χ3n) is 5.13. The molecule has 0 saturated carbocycles. The van der Waals surface area contributed by atoms with Crippen LogP contribution < -0.4 is 0 Å². The zero-order valence-electron chi connectivity index (χ0n) is 17.5. The van der Waals surface area contributed by atoms with Crippen LogP contribution in [0.5, 0.6) is 0 Å². The zero-order valence-corrected chi connectivity index (χ0v) is 18.4. The summed E-state index contributed by atoms with van der Waals surface area (Å²) < 4.78 is 11.5. The molecule has 1 aromatic rings. The van der Waals surface area contributed by atoms with Gasteiger partial charge in [-0.25, -0.2) is 0 Å². The third kappa shape index (κ3) is 9.68. The first-order valence-electron chi connectivity index (χ1n) is 10.3. The first kappa shape index (κ1) is 24.4. The third-order valence-corrected chi connectivity index (χ3v) is 5.88. The second kappa shape index (κ2) is 11.5. The van der Waals surface area contributed by atoms with E-state index in [2.05, 4.69) is 14.7 Å². The molecular weight excluding hydrogens is 393 g/mol. The van der Waals surface area contributed by atoms with Gasteiger partial charge in [0.05, 0.1) is 18.4 Å². The molecule has 0 bridgehead atoms. The minimum Gasteiger partial charge on any atom is -0.392 e. The Labute approximate surface area is 173 Å². The maximum absolute atomic E-state index is 11.5. The molecule has 1 aliphatic heterocycles. The summed E-state index contributed by atoms with van der Waals surface area (Å²) in [4.78, 5) is 25.5. The molecule has 1 aliphatic rings. The number of β-amino-alcohol motifs (C(OH)–C–C–N with tert-alkyl or cyclic N) is 2. The summed E-state index contributed by atoms with van der Waals surface area (Å²) in [5.41, 5.74) is 1.61. The fraction of sp³-hybridized carbons (Fsp3) is 0.700. The number of aliphatic hydroxyl groups excluding tert-OH is 2. The SMILES string of the molecule is C[C@H](O)CN1CCN(Cc2ccccc2CP(=O)(O)O)CCN(C[C@H](C)O)CC1. The van der Waals surface area contributed by atoms with Gasteiger partial charge in [0.2, 0.25) is 0 Å². The quantitative estimate of drug-likeness (QED) is 0.444. The Morgan fingerprint density at radius 3 is 1.66 bits per heavy atom. The maximum atomic E-state index is 11.5. The van der Waals surface area contributed by atoms with E-state index in [0.29, 0.717) is 25.2 Å². The Balaban J connectivity index is 2.13. The highest BCUT2D eigenvalue weighted by atomic mass is 31.2. The summed E-state index contributed by atoms with van der Waals surface area (Å²) in [7, 11) is -4.13. The second-order valence-corrected chi connectivity index (χ2v) is 9.81. The van der Waals surface area contributed by atoms with E-state index in [-0.39, 0.29) is 6.16 Å². The van der Waals surface area contributed by atoms with Gasteiger partial charge in [0.15, 0.2) is 0 Å². The van der Waals surface area contributed by atoms with E-state index in [9.17, 15) is 24.6 Å². The molecule has 0 radical (unpaired) electrons. The lowest BCUT2D eigenvalue weighted by Crippen LogP contribution is -2.41. The standard InChI is InChI=1S/C20H36N3O5P/c1-17(24)13-21-7-8-22(14-18(2)25)10-12-23(11-9-21)15-19-5-3-4-6-20(19)16-29(26,27)28/h3-6,17-18,24-25H,7-16H2,1-2H3,(H2,26,27,28)/t17-,18-/m0/s1. The predicted octanol–water partition coefficient (Wildman–Crippen LogP) is 0.546. The maximum Gasteiger partial charge on any atom is 0.329 e. The number of aliphatic hydroxyl groups is 2. The predicted molar refractivity (Wildman–Crippen MR) is 114 cm³/mol. The lowest BCUT2D eigenvalue weighted by molar-refractivity contribution is 0.102. The first-order chi connectivity index (χ1) is 13.6. The molecule has 1 fully saturated rings. The molecule has 0 spiro atoms. The average Bonchev–Trinajstić information content (AvgIpc) is 2.67. The van der Waals surface area contributed by atoms with Crippen molar-refractivity contribution in [3.8, 4) is 0 Å². The first-order valence-corrected chi connectivity index (χ1v) is 12.1. The van der Waals surface area contributed by atoms with Gasteiger partial charge in [-0.05, 0) is 25.0 Å². The molecule has 2 rings (SSSR count). The summed E-state index contributed by atoms with van der Waals surface area (Å²) in [5.74, 6) is 0. The summed E-state index contributed by atoms with van der Waals surface area (Å²) in [6.45, 7) is 10.3. The van der Waals surface area contributed by atoms with Gasteiger partial charge >= 0.3 is 7.60 Å². The van der Waals surface area contributed by atoms with Gasteiger partial charge in [-0.15, -0.1) is 0 Å². The van der Waals surface area contributed by atoms with Gasteiger partial charge in [-0.3, -0.25) is 19.3 Å². The highest BCUT2D eigenvalue weighted by molar-refractivity contribution is 7.50. The molecule has 0 aliphatic carbocycles. The number of hydrogen-bond donors (Lipinski definition) is 4. The van der Waals surface area contributed by atoms with E-state index in [1.807, 2.05) is 18.2 Å². The van der Waals surface area contributed by atoms with Gasteiger partial charge < -0.3 is 20.0 Å². The van der Waals surface area contributed by atoms with Crippen LogP contribution in [0.1, 0.15) is 25.0 Å². The van der Waals surface area contributed by atoms with Crippen molar-refractivity contribution >= 4 is 7.60 Å². The van der Waals surface area contributed by atoms with Crippen LogP contribution in [0.15, 0.2) is 24.3 Å². The Kier molecular flexibility index (Phi) is 9.72. The number of nitrogens with zero attached hydrogens (tertiary/aromatic N) is 3. The molecule has 0 amide bonds. The van der Waals surface area contributed by atoms with Gasteiger partial charge in [0.1, 0.15) is 0 Å². The highest BCUT2D eigenvalue weighted by Crippen LogP contribution is 2.40. The lowest BCUT2D eigenvalue weighted by atomic mass is 10.1. The van der Waals surface area contributed by atoms with E-state index in [1.54, 1.807) is 19.9 Å². The normalized spacial score (nSPS) is 20.6. The summed E-state index contributed by atoms with van der Waals surface area (Å²) in [6.07, 6.45) is -1.06. The smallest absolute Gasteiger partial charge is 0.329 e. The van der Waals surface area contributed by atoms with E-state index >= 15 is 0 Å². The minimum atomic E-state index is -4.13. The van der Waals surface area contributed by atoms with Crippen LogP contribution >= 0.6 is 7.60 Å². The van der Waals surface area contributed by atoms with Crippen molar-refractivity contribution in [2.75, 3.05) is 52.4 Å².